The highest BCUT2D eigenvalue weighted by Gasteiger charge is 2.26. The molecular weight excluding hydrogens is 577 g/mol. The number of thiophene rings is 1. The van der Waals surface area contributed by atoms with Gasteiger partial charge in [0.2, 0.25) is 9.84 Å². The number of benzene rings is 2. The first-order chi connectivity index (χ1) is 19.2. The Bertz CT molecular complexity index is 1750. The summed E-state index contributed by atoms with van der Waals surface area (Å²) in [6, 6.07) is 10.9. The second-order valence-electron chi connectivity index (χ2n) is 8.80. The largest absolute Gasteiger partial charge is 0.445 e. The van der Waals surface area contributed by atoms with Crippen LogP contribution in [-0.4, -0.2) is 49.7 Å². The molecule has 1 amide bonds. The second-order valence-corrected chi connectivity index (χ2v) is 12.2. The van der Waals surface area contributed by atoms with Crippen LogP contribution in [0, 0.1) is 17.7 Å². The van der Waals surface area contributed by atoms with E-state index in [0.717, 1.165) is 15.6 Å². The molecule has 3 N–H and O–H groups in total. The molecule has 0 radical (unpaired) electrons. The van der Waals surface area contributed by atoms with E-state index in [0.29, 0.717) is 36.5 Å². The molecule has 2 aromatic carbocycles. The van der Waals surface area contributed by atoms with E-state index >= 15 is 0 Å². The van der Waals surface area contributed by atoms with Crippen molar-refractivity contribution >= 4 is 60.6 Å². The van der Waals surface area contributed by atoms with E-state index in [9.17, 15) is 17.6 Å². The lowest BCUT2D eigenvalue weighted by Crippen LogP contribution is -2.29. The summed E-state index contributed by atoms with van der Waals surface area (Å²) in [6.07, 6.45) is 1.33. The number of alkyl carbamates (subject to hydrolysis) is 1. The number of aromatic nitrogens is 2. The molecule has 0 saturated carbocycles. The topological polar surface area (TPSA) is 122 Å². The summed E-state index contributed by atoms with van der Waals surface area (Å²) in [5.74, 6) is 6.19. The summed E-state index contributed by atoms with van der Waals surface area (Å²) < 4.78 is 45.7. The number of fused-ring (bicyclic) bond motifs is 1. The van der Waals surface area contributed by atoms with Crippen LogP contribution >= 0.6 is 22.9 Å². The van der Waals surface area contributed by atoms with Gasteiger partial charge >= 0.3 is 6.09 Å². The maximum Gasteiger partial charge on any atom is 0.407 e. The number of anilines is 2. The van der Waals surface area contributed by atoms with Crippen LogP contribution in [0.25, 0.3) is 10.2 Å². The van der Waals surface area contributed by atoms with Crippen LogP contribution in [0.2, 0.25) is 5.02 Å². The van der Waals surface area contributed by atoms with E-state index < -0.39 is 21.7 Å². The van der Waals surface area contributed by atoms with Gasteiger partial charge in [0.15, 0.2) is 5.82 Å². The lowest BCUT2D eigenvalue weighted by atomic mass is 10.2. The van der Waals surface area contributed by atoms with Gasteiger partial charge in [0.1, 0.15) is 18.2 Å². The van der Waals surface area contributed by atoms with Crippen molar-refractivity contribution in [3.63, 3.8) is 0 Å². The molecule has 2 atom stereocenters. The van der Waals surface area contributed by atoms with Gasteiger partial charge in [-0.15, -0.1) is 11.3 Å². The van der Waals surface area contributed by atoms with Gasteiger partial charge in [0, 0.05) is 25.2 Å². The van der Waals surface area contributed by atoms with Crippen LogP contribution in [0.1, 0.15) is 18.2 Å². The van der Waals surface area contributed by atoms with Crippen LogP contribution in [0.4, 0.5) is 20.7 Å². The van der Waals surface area contributed by atoms with Gasteiger partial charge in [-0.25, -0.2) is 27.6 Å². The number of hydrogen-bond acceptors (Lipinski definition) is 9. The Morgan fingerprint density at radius 1 is 1.25 bits per heavy atom. The van der Waals surface area contributed by atoms with E-state index in [2.05, 4.69) is 37.8 Å². The van der Waals surface area contributed by atoms with Gasteiger partial charge in [0.25, 0.3) is 0 Å². The first-order valence-electron chi connectivity index (χ1n) is 12.2. The van der Waals surface area contributed by atoms with E-state index in [1.807, 2.05) is 13.0 Å². The fraction of sp³-hybridized carbons (Fsp3) is 0.222. The smallest absolute Gasteiger partial charge is 0.407 e. The SMILES string of the molecule is CCNC(=O)O[C@@H]1CN[C@H](C#Cc2cc3ncnc(Nc4ccc(S(=O)(=O)c5cccc(F)c5)c(Cl)c4)c3s2)C1. The van der Waals surface area contributed by atoms with Crippen LogP contribution < -0.4 is 16.0 Å². The Morgan fingerprint density at radius 3 is 2.88 bits per heavy atom. The summed E-state index contributed by atoms with van der Waals surface area (Å²) in [5.41, 5.74) is 1.21. The van der Waals surface area contributed by atoms with Crippen molar-refractivity contribution in [2.75, 3.05) is 18.4 Å². The first kappa shape index (κ1) is 27.8. The number of ether oxygens (including phenoxy) is 1. The highest BCUT2D eigenvalue weighted by Crippen LogP contribution is 2.34. The molecule has 9 nitrogen and oxygen atoms in total. The molecule has 4 aromatic rings. The predicted molar refractivity (Wildman–Crippen MR) is 151 cm³/mol. The van der Waals surface area contributed by atoms with Crippen molar-refractivity contribution in [2.24, 2.45) is 0 Å². The third-order valence-corrected chi connectivity index (χ3v) is 9.24. The first-order valence-corrected chi connectivity index (χ1v) is 14.9. The Morgan fingerprint density at radius 2 is 2.10 bits per heavy atom. The highest BCUT2D eigenvalue weighted by molar-refractivity contribution is 7.91. The lowest BCUT2D eigenvalue weighted by molar-refractivity contribution is 0.107. The number of nitrogens with zero attached hydrogens (tertiary/aromatic N) is 2. The zero-order valence-corrected chi connectivity index (χ0v) is 23.5. The average Bonchev–Trinajstić information content (AvgIpc) is 3.54. The number of hydrogen-bond donors (Lipinski definition) is 3. The third kappa shape index (κ3) is 6.18. The van der Waals surface area contributed by atoms with Crippen LogP contribution in [0.15, 0.2) is 64.6 Å². The predicted octanol–water partition coefficient (Wildman–Crippen LogP) is 4.89. The van der Waals surface area contributed by atoms with Gasteiger partial charge in [-0.1, -0.05) is 29.5 Å². The van der Waals surface area contributed by atoms with Gasteiger partial charge < -0.3 is 15.4 Å². The number of carbonyl (C=O) groups excluding carboxylic acids is 1. The quantitative estimate of drug-likeness (QED) is 0.268. The molecule has 40 heavy (non-hydrogen) atoms. The molecule has 0 spiro atoms. The van der Waals surface area contributed by atoms with Crippen molar-refractivity contribution in [1.82, 2.24) is 20.6 Å². The molecule has 1 aliphatic rings. The number of halogens is 2. The molecule has 2 aromatic heterocycles. The van der Waals surface area contributed by atoms with Crippen LogP contribution in [-0.2, 0) is 14.6 Å². The van der Waals surface area contributed by atoms with Gasteiger partial charge in [-0.2, -0.15) is 0 Å². The van der Waals surface area contributed by atoms with Crippen LogP contribution in [0.3, 0.4) is 0 Å². The third-order valence-electron chi connectivity index (χ3n) is 5.96. The highest BCUT2D eigenvalue weighted by atomic mass is 35.5. The molecule has 13 heteroatoms. The summed E-state index contributed by atoms with van der Waals surface area (Å²) in [6.45, 7) is 2.87. The summed E-state index contributed by atoms with van der Waals surface area (Å²) in [4.78, 5) is 20.8. The Balaban J connectivity index is 1.31. The normalized spacial score (nSPS) is 16.8. The van der Waals surface area contributed by atoms with Gasteiger partial charge in [-0.3, -0.25) is 5.32 Å². The zero-order valence-electron chi connectivity index (χ0n) is 21.1. The molecule has 1 fully saturated rings. The van der Waals surface area contributed by atoms with Crippen molar-refractivity contribution in [3.8, 4) is 11.8 Å². The molecule has 1 saturated heterocycles. The van der Waals surface area contributed by atoms with Gasteiger partial charge in [-0.05, 0) is 49.4 Å². The van der Waals surface area contributed by atoms with Crippen molar-refractivity contribution in [1.29, 1.82) is 0 Å². The Kier molecular flexibility index (Phi) is 8.18. The van der Waals surface area contributed by atoms with Gasteiger partial charge in [0.05, 0.1) is 35.9 Å². The van der Waals surface area contributed by atoms with Crippen molar-refractivity contribution < 1.29 is 22.3 Å². The van der Waals surface area contributed by atoms with Crippen LogP contribution in [0.5, 0.6) is 0 Å². The average molecular weight is 600 g/mol. The molecular formula is C27H23ClFN5O4S2. The minimum atomic E-state index is -4.01. The molecule has 5 rings (SSSR count). The summed E-state index contributed by atoms with van der Waals surface area (Å²) in [5, 5.41) is 9.01. The van der Waals surface area contributed by atoms with E-state index in [1.165, 1.54) is 48.0 Å². The second kappa shape index (κ2) is 11.8. The number of nitrogens with one attached hydrogen (secondary N) is 3. The standard InChI is InChI=1S/C27H23ClFN5O4S2/c1-2-30-27(35)38-19-11-17(31-14-19)6-8-20-13-23-25(39-20)26(33-15-32-23)34-18-7-9-24(22(28)12-18)40(36,37)21-5-3-4-16(29)10-21/h3-5,7,9-10,12-13,15,17,19,31H,2,11,14H2,1H3,(H,30,35)(H,32,33,34)/t17-,19+/m1/s1. The van der Waals surface area contributed by atoms with E-state index in [1.54, 1.807) is 6.07 Å². The van der Waals surface area contributed by atoms with E-state index in [4.69, 9.17) is 16.3 Å². The minimum Gasteiger partial charge on any atom is -0.445 e. The fourth-order valence-electron chi connectivity index (χ4n) is 4.10. The summed E-state index contributed by atoms with van der Waals surface area (Å²) in [7, 11) is -4.01. The molecule has 3 heterocycles. The van der Waals surface area contributed by atoms with Crippen molar-refractivity contribution in [2.45, 2.75) is 35.3 Å². The Hall–Kier alpha value is -3.76. The maximum absolute atomic E-state index is 13.6. The molecule has 0 aliphatic carbocycles. The zero-order chi connectivity index (χ0) is 28.3. The maximum atomic E-state index is 13.6. The molecule has 206 valence electrons. The molecule has 0 unspecified atom stereocenters. The number of amides is 1. The fourth-order valence-corrected chi connectivity index (χ4v) is 6.84. The van der Waals surface area contributed by atoms with E-state index in [-0.39, 0.29) is 27.0 Å². The monoisotopic (exact) mass is 599 g/mol. The molecule has 1 aliphatic heterocycles. The Labute approximate surface area is 239 Å². The number of sulfone groups is 1. The summed E-state index contributed by atoms with van der Waals surface area (Å²) >= 11 is 7.76. The minimum absolute atomic E-state index is 0.0178. The van der Waals surface area contributed by atoms with Crippen molar-refractivity contribution in [3.05, 3.63) is 70.6 Å². The number of rotatable bonds is 6. The molecule has 0 bridgehead atoms. The number of carbonyl (C=O) groups is 1. The lowest BCUT2D eigenvalue weighted by Gasteiger charge is -2.10.